The third-order valence-corrected chi connectivity index (χ3v) is 1.91. The van der Waals surface area contributed by atoms with Crippen LogP contribution in [0.25, 0.3) is 5.70 Å². The van der Waals surface area contributed by atoms with E-state index in [-0.39, 0.29) is 11.4 Å². The van der Waals surface area contributed by atoms with Crippen molar-refractivity contribution in [3.63, 3.8) is 0 Å². The van der Waals surface area contributed by atoms with E-state index >= 15 is 0 Å². The van der Waals surface area contributed by atoms with Gasteiger partial charge < -0.3 is 5.11 Å². The molecule has 1 heterocycles. The highest BCUT2D eigenvalue weighted by Crippen LogP contribution is 2.13. The van der Waals surface area contributed by atoms with Gasteiger partial charge in [-0.25, -0.2) is 4.79 Å². The molecule has 0 bridgehead atoms. The third-order valence-electron chi connectivity index (χ3n) is 1.91. The molecule has 0 aliphatic heterocycles. The molecule has 1 aromatic rings. The summed E-state index contributed by atoms with van der Waals surface area (Å²) in [4.78, 5) is 21.1. The average molecular weight is 218 g/mol. The molecule has 0 amide bonds. The Hall–Kier alpha value is -1.92. The molecule has 0 aliphatic carbocycles. The highest BCUT2D eigenvalue weighted by atomic mass is 19.1. The zero-order valence-electron chi connectivity index (χ0n) is 7.97. The molecule has 0 unspecified atom stereocenters. The van der Waals surface area contributed by atoms with Gasteiger partial charge in [0.1, 0.15) is 0 Å². The van der Waals surface area contributed by atoms with Gasteiger partial charge in [-0.05, 0) is 13.8 Å². The average Bonchev–Trinajstić information content (AvgIpc) is 2.43. The van der Waals surface area contributed by atoms with Gasteiger partial charge >= 0.3 is 11.5 Å². The number of nitrogens with one attached hydrogen (secondary N) is 1. The first kappa shape index (κ1) is 11.2. The van der Waals surface area contributed by atoms with Gasteiger partial charge in [0.2, 0.25) is 11.6 Å². The predicted octanol–water partition coefficient (Wildman–Crippen LogP) is 0.867. The van der Waals surface area contributed by atoms with E-state index in [1.807, 2.05) is 5.10 Å². The first-order valence-corrected chi connectivity index (χ1v) is 3.93. The first-order chi connectivity index (χ1) is 6.86. The van der Waals surface area contributed by atoms with E-state index in [0.717, 1.165) is 11.6 Å². The number of H-pyrrole nitrogens is 1. The Morgan fingerprint density at radius 1 is 1.53 bits per heavy atom. The summed E-state index contributed by atoms with van der Waals surface area (Å²) in [5.74, 6) is -4.29. The van der Waals surface area contributed by atoms with Crippen molar-refractivity contribution in [2.24, 2.45) is 0 Å². The normalized spacial score (nSPS) is 12.5. The van der Waals surface area contributed by atoms with Gasteiger partial charge in [0.15, 0.2) is 0 Å². The lowest BCUT2D eigenvalue weighted by Gasteiger charge is -2.04. The molecule has 1 aromatic heterocycles. The number of rotatable bonds is 2. The van der Waals surface area contributed by atoms with Crippen LogP contribution >= 0.6 is 0 Å². The Bertz CT molecular complexity index is 498. The first-order valence-electron chi connectivity index (χ1n) is 3.93. The van der Waals surface area contributed by atoms with Gasteiger partial charge in [0.25, 0.3) is 0 Å². The van der Waals surface area contributed by atoms with Gasteiger partial charge in [-0.1, -0.05) is 0 Å². The van der Waals surface area contributed by atoms with Crippen LogP contribution in [-0.4, -0.2) is 20.9 Å². The molecule has 1 rings (SSSR count). The number of hydrogen-bond acceptors (Lipinski definition) is 2. The summed E-state index contributed by atoms with van der Waals surface area (Å²) in [7, 11) is 0. The van der Waals surface area contributed by atoms with E-state index in [1.54, 1.807) is 0 Å². The van der Waals surface area contributed by atoms with Gasteiger partial charge in [0, 0.05) is 0 Å². The Kier molecular flexibility index (Phi) is 2.74. The fourth-order valence-corrected chi connectivity index (χ4v) is 1.09. The van der Waals surface area contributed by atoms with Crippen molar-refractivity contribution in [2.45, 2.75) is 13.8 Å². The minimum Gasteiger partial charge on any atom is -0.476 e. The van der Waals surface area contributed by atoms with Crippen LogP contribution in [0.1, 0.15) is 12.6 Å². The number of halogens is 2. The molecular formula is C8H8F2N2O3. The van der Waals surface area contributed by atoms with Crippen molar-refractivity contribution >= 4 is 11.7 Å². The fourth-order valence-electron chi connectivity index (χ4n) is 1.09. The van der Waals surface area contributed by atoms with Crippen LogP contribution in [0.3, 0.4) is 0 Å². The molecule has 0 aliphatic rings. The summed E-state index contributed by atoms with van der Waals surface area (Å²) in [6.07, 6.45) is 0. The maximum absolute atomic E-state index is 12.9. The van der Waals surface area contributed by atoms with Crippen molar-refractivity contribution in [3.05, 3.63) is 27.7 Å². The second-order valence-corrected chi connectivity index (χ2v) is 2.88. The van der Waals surface area contributed by atoms with Crippen LogP contribution in [0.5, 0.6) is 0 Å². The second-order valence-electron chi connectivity index (χ2n) is 2.88. The van der Waals surface area contributed by atoms with E-state index in [0.29, 0.717) is 0 Å². The standard InChI is InChI=1S/C8H8F2N2O3/c1-3-5(9)7(13)11-12(3)4(2)6(10)8(14)15/h1-2H3,(H,11,13)(H,14,15)/b6-4-. The fraction of sp³-hybridized carbons (Fsp3) is 0.250. The number of carbonyl (C=O) groups is 1. The van der Waals surface area contributed by atoms with Crippen molar-refractivity contribution in [3.8, 4) is 0 Å². The van der Waals surface area contributed by atoms with E-state index in [1.165, 1.54) is 6.92 Å². The number of aliphatic carboxylic acids is 1. The minimum atomic E-state index is -1.78. The Morgan fingerprint density at radius 2 is 2.07 bits per heavy atom. The third kappa shape index (κ3) is 1.80. The number of aromatic nitrogens is 2. The predicted molar refractivity (Wildman–Crippen MR) is 47.4 cm³/mol. The number of allylic oxidation sites excluding steroid dienone is 1. The van der Waals surface area contributed by atoms with E-state index < -0.39 is 23.2 Å². The van der Waals surface area contributed by atoms with Crippen LogP contribution in [0, 0.1) is 12.7 Å². The van der Waals surface area contributed by atoms with Gasteiger partial charge in [-0.3, -0.25) is 14.6 Å². The lowest BCUT2D eigenvalue weighted by Crippen LogP contribution is -2.08. The van der Waals surface area contributed by atoms with Crippen LogP contribution in [0.4, 0.5) is 8.78 Å². The van der Waals surface area contributed by atoms with E-state index in [9.17, 15) is 18.4 Å². The van der Waals surface area contributed by atoms with Crippen LogP contribution in [0.15, 0.2) is 10.6 Å². The molecule has 0 saturated heterocycles. The summed E-state index contributed by atoms with van der Waals surface area (Å²) in [5.41, 5.74) is -1.58. The molecule has 0 fully saturated rings. The molecule has 2 N–H and O–H groups in total. The van der Waals surface area contributed by atoms with Crippen LogP contribution in [0.2, 0.25) is 0 Å². The maximum Gasteiger partial charge on any atom is 0.366 e. The molecule has 82 valence electrons. The number of aromatic amines is 1. The SMILES string of the molecule is C/C(=C(/F)C(=O)O)n1[nH]c(=O)c(F)c1C. The minimum absolute atomic E-state index is 0.172. The Balaban J connectivity index is 3.42. The lowest BCUT2D eigenvalue weighted by atomic mass is 10.4. The van der Waals surface area contributed by atoms with Crippen molar-refractivity contribution in [1.29, 1.82) is 0 Å². The van der Waals surface area contributed by atoms with Crippen molar-refractivity contribution < 1.29 is 18.7 Å². The largest absolute Gasteiger partial charge is 0.476 e. The zero-order chi connectivity index (χ0) is 11.7. The molecule has 0 aromatic carbocycles. The molecule has 15 heavy (non-hydrogen) atoms. The molecule has 0 saturated carbocycles. The number of nitrogens with zero attached hydrogens (tertiary/aromatic N) is 1. The summed E-state index contributed by atoms with van der Waals surface area (Å²) in [6, 6.07) is 0. The van der Waals surface area contributed by atoms with E-state index in [4.69, 9.17) is 5.11 Å². The van der Waals surface area contributed by atoms with Gasteiger partial charge in [-0.15, -0.1) is 0 Å². The Morgan fingerprint density at radius 3 is 2.40 bits per heavy atom. The molecule has 5 nitrogen and oxygen atoms in total. The highest BCUT2D eigenvalue weighted by molar-refractivity contribution is 5.90. The summed E-state index contributed by atoms with van der Waals surface area (Å²) >= 11 is 0. The summed E-state index contributed by atoms with van der Waals surface area (Å²) < 4.78 is 26.6. The zero-order valence-corrected chi connectivity index (χ0v) is 7.97. The number of carboxylic acid groups (broad SMARTS) is 1. The Labute approximate surface area is 82.6 Å². The summed E-state index contributed by atoms with van der Waals surface area (Å²) in [5, 5.41) is 10.3. The van der Waals surface area contributed by atoms with Gasteiger partial charge in [-0.2, -0.15) is 8.78 Å². The maximum atomic E-state index is 12.9. The van der Waals surface area contributed by atoms with Crippen LogP contribution < -0.4 is 5.56 Å². The smallest absolute Gasteiger partial charge is 0.366 e. The van der Waals surface area contributed by atoms with Gasteiger partial charge in [0.05, 0.1) is 11.4 Å². The highest BCUT2D eigenvalue weighted by Gasteiger charge is 2.17. The molecule has 0 atom stereocenters. The molecular weight excluding hydrogens is 210 g/mol. The lowest BCUT2D eigenvalue weighted by molar-refractivity contribution is -0.134. The second kappa shape index (κ2) is 3.68. The molecule has 7 heteroatoms. The van der Waals surface area contributed by atoms with Crippen molar-refractivity contribution in [2.75, 3.05) is 0 Å². The quantitative estimate of drug-likeness (QED) is 0.723. The van der Waals surface area contributed by atoms with Crippen LogP contribution in [-0.2, 0) is 4.79 Å². The molecule has 0 radical (unpaired) electrons. The van der Waals surface area contributed by atoms with E-state index in [2.05, 4.69) is 0 Å². The monoisotopic (exact) mass is 218 g/mol. The molecule has 0 spiro atoms. The van der Waals surface area contributed by atoms with Crippen molar-refractivity contribution in [1.82, 2.24) is 9.78 Å². The number of hydrogen-bond donors (Lipinski definition) is 2. The topological polar surface area (TPSA) is 75.1 Å². The summed E-state index contributed by atoms with van der Waals surface area (Å²) in [6.45, 7) is 2.34. The number of carboxylic acids is 1.